The van der Waals surface area contributed by atoms with Gasteiger partial charge < -0.3 is 5.32 Å². The second kappa shape index (κ2) is 7.01. The van der Waals surface area contributed by atoms with Gasteiger partial charge in [-0.3, -0.25) is 9.58 Å². The number of hydrogen-bond donors (Lipinski definition) is 1. The van der Waals surface area contributed by atoms with Gasteiger partial charge in [0, 0.05) is 31.2 Å². The summed E-state index contributed by atoms with van der Waals surface area (Å²) in [5.74, 6) is 0. The zero-order chi connectivity index (χ0) is 14.5. The number of rotatable bonds is 8. The first kappa shape index (κ1) is 16.1. The van der Waals surface area contributed by atoms with Crippen LogP contribution in [0.2, 0.25) is 0 Å². The van der Waals surface area contributed by atoms with Crippen molar-refractivity contribution in [3.63, 3.8) is 0 Å². The highest BCUT2D eigenvalue weighted by atomic mass is 15.4. The molecule has 19 heavy (non-hydrogen) atoms. The van der Waals surface area contributed by atoms with E-state index in [1.807, 2.05) is 13.2 Å². The zero-order valence-electron chi connectivity index (χ0n) is 13.3. The second-order valence-corrected chi connectivity index (χ2v) is 5.52. The minimum Gasteiger partial charge on any atom is -0.312 e. The molecule has 0 aliphatic heterocycles. The maximum Gasteiger partial charge on any atom is 0.0843 e. The maximum atomic E-state index is 4.22. The minimum absolute atomic E-state index is 0.0943. The Kier molecular flexibility index (Phi) is 5.94. The van der Waals surface area contributed by atoms with Gasteiger partial charge in [-0.2, -0.15) is 0 Å². The lowest BCUT2D eigenvalue weighted by Gasteiger charge is -2.43. The van der Waals surface area contributed by atoms with Crippen molar-refractivity contribution in [2.24, 2.45) is 7.05 Å². The molecule has 0 saturated heterocycles. The maximum absolute atomic E-state index is 4.22. The Balaban J connectivity index is 2.86. The summed E-state index contributed by atoms with van der Waals surface area (Å²) in [6.07, 6.45) is 2.91. The summed E-state index contributed by atoms with van der Waals surface area (Å²) in [6.45, 7) is 14.3. The van der Waals surface area contributed by atoms with Crippen LogP contribution in [0.1, 0.15) is 40.3 Å². The molecular formula is C14H29N5. The van der Waals surface area contributed by atoms with Gasteiger partial charge in [0.05, 0.1) is 5.69 Å². The fourth-order valence-electron chi connectivity index (χ4n) is 2.78. The van der Waals surface area contributed by atoms with E-state index in [9.17, 15) is 0 Å². The van der Waals surface area contributed by atoms with Gasteiger partial charge in [0.2, 0.25) is 0 Å². The summed E-state index contributed by atoms with van der Waals surface area (Å²) in [5.41, 5.74) is 1.14. The second-order valence-electron chi connectivity index (χ2n) is 5.52. The Morgan fingerprint density at radius 2 is 1.95 bits per heavy atom. The summed E-state index contributed by atoms with van der Waals surface area (Å²) in [7, 11) is 1.91. The fourth-order valence-corrected chi connectivity index (χ4v) is 2.78. The highest BCUT2D eigenvalue weighted by Gasteiger charge is 2.33. The molecule has 0 aliphatic rings. The van der Waals surface area contributed by atoms with Crippen LogP contribution >= 0.6 is 0 Å². The van der Waals surface area contributed by atoms with E-state index in [4.69, 9.17) is 0 Å². The van der Waals surface area contributed by atoms with Crippen molar-refractivity contribution >= 4 is 0 Å². The first-order valence-electron chi connectivity index (χ1n) is 7.29. The molecule has 1 aromatic rings. The molecule has 1 unspecified atom stereocenters. The van der Waals surface area contributed by atoms with Crippen molar-refractivity contribution in [3.05, 3.63) is 11.9 Å². The lowest BCUT2D eigenvalue weighted by atomic mass is 9.88. The summed E-state index contributed by atoms with van der Waals surface area (Å²) in [5, 5.41) is 11.9. The number of aromatic nitrogens is 3. The normalized spacial score (nSPS) is 14.1. The molecule has 0 fully saturated rings. The van der Waals surface area contributed by atoms with Crippen LogP contribution in [0.15, 0.2) is 6.20 Å². The lowest BCUT2D eigenvalue weighted by molar-refractivity contribution is 0.0914. The van der Waals surface area contributed by atoms with Crippen molar-refractivity contribution in [1.29, 1.82) is 0 Å². The van der Waals surface area contributed by atoms with Crippen LogP contribution in [-0.4, -0.2) is 51.1 Å². The van der Waals surface area contributed by atoms with Gasteiger partial charge in [0.1, 0.15) is 0 Å². The first-order chi connectivity index (χ1) is 8.95. The van der Waals surface area contributed by atoms with E-state index in [0.717, 1.165) is 31.7 Å². The molecule has 0 bridgehead atoms. The summed E-state index contributed by atoms with van der Waals surface area (Å²) < 4.78 is 1.77. The molecule has 0 spiro atoms. The third-order valence-electron chi connectivity index (χ3n) is 3.95. The largest absolute Gasteiger partial charge is 0.312 e. The Bertz CT molecular complexity index is 368. The molecule has 1 N–H and O–H groups in total. The van der Waals surface area contributed by atoms with E-state index in [0.29, 0.717) is 6.04 Å². The minimum atomic E-state index is 0.0943. The predicted molar refractivity (Wildman–Crippen MR) is 79.2 cm³/mol. The van der Waals surface area contributed by atoms with Crippen LogP contribution in [0.25, 0.3) is 0 Å². The molecule has 1 atom stereocenters. The average Bonchev–Trinajstić information content (AvgIpc) is 2.75. The molecule has 5 nitrogen and oxygen atoms in total. The predicted octanol–water partition coefficient (Wildman–Crippen LogP) is 1.46. The Morgan fingerprint density at radius 3 is 2.37 bits per heavy atom. The van der Waals surface area contributed by atoms with E-state index >= 15 is 0 Å². The standard InChI is InChI=1S/C14H29N5/c1-7-15-13(10-12-11-18(6)17-16-12)14(4,5)19(8-2)9-3/h11,13,15H,7-10H2,1-6H3. The van der Waals surface area contributed by atoms with E-state index in [-0.39, 0.29) is 5.54 Å². The SMILES string of the molecule is CCNC(Cc1cn(C)nn1)C(C)(C)N(CC)CC. The zero-order valence-corrected chi connectivity index (χ0v) is 13.3. The van der Waals surface area contributed by atoms with Gasteiger partial charge in [-0.25, -0.2) is 0 Å². The van der Waals surface area contributed by atoms with Gasteiger partial charge in [-0.15, -0.1) is 5.10 Å². The summed E-state index contributed by atoms with van der Waals surface area (Å²) >= 11 is 0. The molecular weight excluding hydrogens is 238 g/mol. The van der Waals surface area contributed by atoms with E-state index in [1.165, 1.54) is 0 Å². The number of nitrogens with zero attached hydrogens (tertiary/aromatic N) is 4. The van der Waals surface area contributed by atoms with E-state index < -0.39 is 0 Å². The molecule has 0 saturated carbocycles. The third kappa shape index (κ3) is 4.01. The number of aryl methyl sites for hydroxylation is 1. The molecule has 1 aromatic heterocycles. The highest BCUT2D eigenvalue weighted by Crippen LogP contribution is 2.21. The molecule has 0 aromatic carbocycles. The Hall–Kier alpha value is -0.940. The molecule has 1 rings (SSSR count). The number of nitrogens with one attached hydrogen (secondary N) is 1. The quantitative estimate of drug-likeness (QED) is 0.774. The van der Waals surface area contributed by atoms with Crippen LogP contribution in [0, 0.1) is 0 Å². The van der Waals surface area contributed by atoms with Crippen LogP contribution in [0.3, 0.4) is 0 Å². The van der Waals surface area contributed by atoms with Gasteiger partial charge in [-0.1, -0.05) is 26.0 Å². The molecule has 1 heterocycles. The summed E-state index contributed by atoms with van der Waals surface area (Å²) in [4.78, 5) is 2.50. The highest BCUT2D eigenvalue weighted by molar-refractivity contribution is 5.03. The topological polar surface area (TPSA) is 46.0 Å². The first-order valence-corrected chi connectivity index (χ1v) is 7.29. The monoisotopic (exact) mass is 267 g/mol. The molecule has 110 valence electrons. The van der Waals surface area contributed by atoms with Crippen LogP contribution in [0.4, 0.5) is 0 Å². The van der Waals surface area contributed by atoms with Gasteiger partial charge in [0.25, 0.3) is 0 Å². The van der Waals surface area contributed by atoms with Crippen LogP contribution < -0.4 is 5.32 Å². The number of likely N-dealkylation sites (N-methyl/N-ethyl adjacent to an activating group) is 2. The smallest absolute Gasteiger partial charge is 0.0843 e. The summed E-state index contributed by atoms with van der Waals surface area (Å²) in [6, 6.07) is 0.370. The Labute approximate surface area is 117 Å². The molecule has 0 aliphatic carbocycles. The van der Waals surface area contributed by atoms with E-state index in [1.54, 1.807) is 4.68 Å². The van der Waals surface area contributed by atoms with Crippen LogP contribution in [0.5, 0.6) is 0 Å². The van der Waals surface area contributed by atoms with Crippen LogP contribution in [-0.2, 0) is 13.5 Å². The van der Waals surface area contributed by atoms with Crippen molar-refractivity contribution in [1.82, 2.24) is 25.2 Å². The van der Waals surface area contributed by atoms with Gasteiger partial charge in [0.15, 0.2) is 0 Å². The number of hydrogen-bond acceptors (Lipinski definition) is 4. The third-order valence-corrected chi connectivity index (χ3v) is 3.95. The Morgan fingerprint density at radius 1 is 1.32 bits per heavy atom. The van der Waals surface area contributed by atoms with Crippen molar-refractivity contribution < 1.29 is 0 Å². The molecule has 0 radical (unpaired) electrons. The van der Waals surface area contributed by atoms with Gasteiger partial charge in [-0.05, 0) is 33.5 Å². The molecule has 5 heteroatoms. The van der Waals surface area contributed by atoms with Crippen molar-refractivity contribution in [2.75, 3.05) is 19.6 Å². The fraction of sp³-hybridized carbons (Fsp3) is 0.857. The van der Waals surface area contributed by atoms with Crippen molar-refractivity contribution in [3.8, 4) is 0 Å². The molecule has 0 amide bonds. The van der Waals surface area contributed by atoms with Crippen molar-refractivity contribution in [2.45, 2.75) is 52.6 Å². The lowest BCUT2D eigenvalue weighted by Crippen LogP contribution is -2.58. The average molecular weight is 267 g/mol. The van der Waals surface area contributed by atoms with Gasteiger partial charge >= 0.3 is 0 Å². The van der Waals surface area contributed by atoms with E-state index in [2.05, 4.69) is 55.1 Å².